The average Bonchev–Trinajstić information content (AvgIpc) is 2.46. The first-order valence-corrected chi connectivity index (χ1v) is 6.07. The summed E-state index contributed by atoms with van der Waals surface area (Å²) in [6, 6.07) is 14.4. The van der Waals surface area contributed by atoms with Crippen LogP contribution in [0.2, 0.25) is 0 Å². The molecule has 0 spiro atoms. The number of hydrogen-bond donors (Lipinski definition) is 1. The molecule has 1 heterocycles. The highest BCUT2D eigenvalue weighted by molar-refractivity contribution is 5.28. The summed E-state index contributed by atoms with van der Waals surface area (Å²) in [6.45, 7) is 2.92. The van der Waals surface area contributed by atoms with Crippen LogP contribution in [0, 0.1) is 0 Å². The van der Waals surface area contributed by atoms with Crippen LogP contribution in [0.1, 0.15) is 24.2 Å². The van der Waals surface area contributed by atoms with Gasteiger partial charge in [-0.15, -0.1) is 0 Å². The second kappa shape index (κ2) is 6.17. The molecule has 3 heteroatoms. The highest BCUT2D eigenvalue weighted by atomic mass is 16.5. The van der Waals surface area contributed by atoms with E-state index in [1.54, 1.807) is 7.11 Å². The van der Waals surface area contributed by atoms with Crippen LogP contribution in [-0.4, -0.2) is 12.1 Å². The van der Waals surface area contributed by atoms with Crippen LogP contribution in [0.5, 0.6) is 5.75 Å². The molecule has 0 saturated carbocycles. The summed E-state index contributed by atoms with van der Waals surface area (Å²) in [7, 11) is 1.68. The molecule has 1 unspecified atom stereocenters. The van der Waals surface area contributed by atoms with E-state index >= 15 is 0 Å². The molecule has 0 aliphatic carbocycles. The van der Waals surface area contributed by atoms with Gasteiger partial charge in [-0.1, -0.05) is 18.2 Å². The number of pyridine rings is 1. The summed E-state index contributed by atoms with van der Waals surface area (Å²) < 4.78 is 5.15. The smallest absolute Gasteiger partial charge is 0.118 e. The molecule has 1 aromatic heterocycles. The fourth-order valence-electron chi connectivity index (χ4n) is 1.77. The van der Waals surface area contributed by atoms with E-state index in [0.717, 1.165) is 18.0 Å². The Labute approximate surface area is 108 Å². The summed E-state index contributed by atoms with van der Waals surface area (Å²) in [5, 5.41) is 3.45. The van der Waals surface area contributed by atoms with Crippen molar-refractivity contribution in [3.8, 4) is 5.75 Å². The normalized spacial score (nSPS) is 12.1. The Morgan fingerprint density at radius 2 is 1.94 bits per heavy atom. The van der Waals surface area contributed by atoms with Crippen molar-refractivity contribution < 1.29 is 4.74 Å². The number of nitrogens with zero attached hydrogens (tertiary/aromatic N) is 1. The molecule has 0 aliphatic heterocycles. The van der Waals surface area contributed by atoms with Gasteiger partial charge in [-0.3, -0.25) is 4.98 Å². The van der Waals surface area contributed by atoms with Crippen molar-refractivity contribution in [3.05, 3.63) is 59.9 Å². The van der Waals surface area contributed by atoms with Gasteiger partial charge in [0.1, 0.15) is 5.75 Å². The number of nitrogens with one attached hydrogen (secondary N) is 1. The molecule has 1 N–H and O–H groups in total. The molecule has 2 aromatic rings. The molecule has 18 heavy (non-hydrogen) atoms. The fraction of sp³-hybridized carbons (Fsp3) is 0.267. The van der Waals surface area contributed by atoms with Crippen molar-refractivity contribution >= 4 is 0 Å². The molecule has 0 bridgehead atoms. The molecule has 2 rings (SSSR count). The lowest BCUT2D eigenvalue weighted by Gasteiger charge is -2.14. The van der Waals surface area contributed by atoms with Crippen LogP contribution in [-0.2, 0) is 6.54 Å². The minimum Gasteiger partial charge on any atom is -0.497 e. The quantitative estimate of drug-likeness (QED) is 0.875. The number of hydrogen-bond acceptors (Lipinski definition) is 3. The maximum absolute atomic E-state index is 5.15. The summed E-state index contributed by atoms with van der Waals surface area (Å²) in [6.07, 6.45) is 1.81. The minimum absolute atomic E-state index is 0.290. The highest BCUT2D eigenvalue weighted by Gasteiger charge is 2.05. The van der Waals surface area contributed by atoms with Crippen molar-refractivity contribution in [1.82, 2.24) is 10.3 Å². The third-order valence-corrected chi connectivity index (χ3v) is 2.93. The SMILES string of the molecule is COc1ccc(C(C)NCc2ccccn2)cc1. The number of ether oxygens (including phenoxy) is 1. The topological polar surface area (TPSA) is 34.1 Å². The van der Waals surface area contributed by atoms with Gasteiger partial charge in [0.25, 0.3) is 0 Å². The Kier molecular flexibility index (Phi) is 4.31. The number of benzene rings is 1. The van der Waals surface area contributed by atoms with Gasteiger partial charge in [0, 0.05) is 18.8 Å². The minimum atomic E-state index is 0.290. The zero-order valence-electron chi connectivity index (χ0n) is 10.8. The van der Waals surface area contributed by atoms with E-state index in [-0.39, 0.29) is 6.04 Å². The van der Waals surface area contributed by atoms with Crippen molar-refractivity contribution in [3.63, 3.8) is 0 Å². The standard InChI is InChI=1S/C15H18N2O/c1-12(13-6-8-15(18-2)9-7-13)17-11-14-5-3-4-10-16-14/h3-10,12,17H,11H2,1-2H3. The van der Waals surface area contributed by atoms with Crippen molar-refractivity contribution in [2.75, 3.05) is 7.11 Å². The molecule has 94 valence electrons. The van der Waals surface area contributed by atoms with Gasteiger partial charge in [0.15, 0.2) is 0 Å². The Hall–Kier alpha value is -1.87. The van der Waals surface area contributed by atoms with Crippen molar-refractivity contribution in [1.29, 1.82) is 0 Å². The second-order valence-electron chi connectivity index (χ2n) is 4.20. The molecule has 0 saturated heterocycles. The molecular weight excluding hydrogens is 224 g/mol. The molecular formula is C15H18N2O. The van der Waals surface area contributed by atoms with Crippen molar-refractivity contribution in [2.45, 2.75) is 19.5 Å². The van der Waals surface area contributed by atoms with Crippen LogP contribution >= 0.6 is 0 Å². The Bertz CT molecular complexity index is 468. The van der Waals surface area contributed by atoms with Gasteiger partial charge < -0.3 is 10.1 Å². The predicted molar refractivity (Wildman–Crippen MR) is 72.5 cm³/mol. The average molecular weight is 242 g/mol. The Balaban J connectivity index is 1.93. The highest BCUT2D eigenvalue weighted by Crippen LogP contribution is 2.17. The number of methoxy groups -OCH3 is 1. The third-order valence-electron chi connectivity index (χ3n) is 2.93. The van der Waals surface area contributed by atoms with Crippen LogP contribution in [0.15, 0.2) is 48.7 Å². The van der Waals surface area contributed by atoms with Gasteiger partial charge in [-0.2, -0.15) is 0 Å². The molecule has 1 aromatic carbocycles. The Morgan fingerprint density at radius 3 is 2.56 bits per heavy atom. The van der Waals surface area contributed by atoms with Crippen LogP contribution in [0.3, 0.4) is 0 Å². The number of aromatic nitrogens is 1. The molecule has 3 nitrogen and oxygen atoms in total. The predicted octanol–water partition coefficient (Wildman–Crippen LogP) is 2.94. The lowest BCUT2D eigenvalue weighted by Crippen LogP contribution is -2.18. The maximum Gasteiger partial charge on any atom is 0.118 e. The summed E-state index contributed by atoms with van der Waals surface area (Å²) in [4.78, 5) is 4.29. The van der Waals surface area contributed by atoms with Gasteiger partial charge in [-0.05, 0) is 36.8 Å². The first-order valence-electron chi connectivity index (χ1n) is 6.07. The molecule has 0 fully saturated rings. The molecule has 0 aliphatic rings. The first-order chi connectivity index (χ1) is 8.79. The fourth-order valence-corrected chi connectivity index (χ4v) is 1.77. The lowest BCUT2D eigenvalue weighted by molar-refractivity contribution is 0.414. The van der Waals surface area contributed by atoms with E-state index in [1.165, 1.54) is 5.56 Å². The van der Waals surface area contributed by atoms with E-state index in [4.69, 9.17) is 4.74 Å². The summed E-state index contributed by atoms with van der Waals surface area (Å²) in [5.41, 5.74) is 2.30. The van der Waals surface area contributed by atoms with Crippen LogP contribution in [0.25, 0.3) is 0 Å². The zero-order chi connectivity index (χ0) is 12.8. The van der Waals surface area contributed by atoms with E-state index in [0.29, 0.717) is 0 Å². The van der Waals surface area contributed by atoms with Crippen LogP contribution in [0.4, 0.5) is 0 Å². The van der Waals surface area contributed by atoms with Crippen molar-refractivity contribution in [2.24, 2.45) is 0 Å². The van der Waals surface area contributed by atoms with Gasteiger partial charge in [0.05, 0.1) is 12.8 Å². The second-order valence-corrected chi connectivity index (χ2v) is 4.20. The molecule has 0 amide bonds. The lowest BCUT2D eigenvalue weighted by atomic mass is 10.1. The Morgan fingerprint density at radius 1 is 1.17 bits per heavy atom. The van der Waals surface area contributed by atoms with E-state index < -0.39 is 0 Å². The summed E-state index contributed by atoms with van der Waals surface area (Å²) in [5.74, 6) is 0.885. The first kappa shape index (κ1) is 12.6. The largest absolute Gasteiger partial charge is 0.497 e. The van der Waals surface area contributed by atoms with E-state index in [1.807, 2.05) is 36.5 Å². The summed E-state index contributed by atoms with van der Waals surface area (Å²) >= 11 is 0. The van der Waals surface area contributed by atoms with Gasteiger partial charge in [-0.25, -0.2) is 0 Å². The van der Waals surface area contributed by atoms with Gasteiger partial charge in [0.2, 0.25) is 0 Å². The molecule has 0 radical (unpaired) electrons. The van der Waals surface area contributed by atoms with E-state index in [2.05, 4.69) is 29.4 Å². The third kappa shape index (κ3) is 3.31. The molecule has 1 atom stereocenters. The number of rotatable bonds is 5. The zero-order valence-corrected chi connectivity index (χ0v) is 10.8. The maximum atomic E-state index is 5.15. The van der Waals surface area contributed by atoms with Gasteiger partial charge >= 0.3 is 0 Å². The van der Waals surface area contributed by atoms with E-state index in [9.17, 15) is 0 Å². The monoisotopic (exact) mass is 242 g/mol. The van der Waals surface area contributed by atoms with Crippen LogP contribution < -0.4 is 10.1 Å².